The van der Waals surface area contributed by atoms with E-state index in [0.29, 0.717) is 38.6 Å². The minimum atomic E-state index is -0.411. The highest BCUT2D eigenvalue weighted by Crippen LogP contribution is 2.22. The molecule has 0 spiro atoms. The summed E-state index contributed by atoms with van der Waals surface area (Å²) in [5, 5.41) is 5.48. The maximum atomic E-state index is 12.5. The molecular formula is C21H15Cl3N2O2. The van der Waals surface area contributed by atoms with Crippen LogP contribution < -0.4 is 10.2 Å². The van der Waals surface area contributed by atoms with E-state index in [4.69, 9.17) is 39.5 Å². The molecule has 0 aromatic heterocycles. The molecule has 0 unspecified atom stereocenters. The van der Waals surface area contributed by atoms with Gasteiger partial charge in [-0.25, -0.2) is 5.43 Å². The minimum absolute atomic E-state index is 0.306. The molecular weight excluding hydrogens is 419 g/mol. The van der Waals surface area contributed by atoms with Crippen molar-refractivity contribution in [2.75, 3.05) is 0 Å². The Balaban J connectivity index is 1.68. The van der Waals surface area contributed by atoms with E-state index in [0.717, 1.165) is 5.56 Å². The first-order valence-corrected chi connectivity index (χ1v) is 9.41. The van der Waals surface area contributed by atoms with Crippen LogP contribution in [0.25, 0.3) is 0 Å². The number of ether oxygens (including phenoxy) is 1. The van der Waals surface area contributed by atoms with Crippen LogP contribution in [0.2, 0.25) is 15.1 Å². The summed E-state index contributed by atoms with van der Waals surface area (Å²) in [7, 11) is 0. The lowest BCUT2D eigenvalue weighted by Gasteiger charge is -2.10. The molecule has 0 saturated heterocycles. The Morgan fingerprint density at radius 2 is 1.61 bits per heavy atom. The highest BCUT2D eigenvalue weighted by atomic mass is 35.5. The molecule has 0 fully saturated rings. The smallest absolute Gasteiger partial charge is 0.275 e. The Morgan fingerprint density at radius 3 is 2.32 bits per heavy atom. The Bertz CT molecular complexity index is 985. The molecule has 0 heterocycles. The van der Waals surface area contributed by atoms with Crippen molar-refractivity contribution in [3.8, 4) is 5.75 Å². The molecule has 3 rings (SSSR count). The highest BCUT2D eigenvalue weighted by Gasteiger charge is 2.12. The molecule has 1 amide bonds. The van der Waals surface area contributed by atoms with Gasteiger partial charge in [0.1, 0.15) is 12.4 Å². The van der Waals surface area contributed by atoms with Crippen LogP contribution >= 0.6 is 34.8 Å². The highest BCUT2D eigenvalue weighted by molar-refractivity contribution is 6.38. The number of rotatable bonds is 6. The summed E-state index contributed by atoms with van der Waals surface area (Å²) in [6.07, 6.45) is 1.40. The largest absolute Gasteiger partial charge is 0.488 e. The van der Waals surface area contributed by atoms with Gasteiger partial charge in [0.05, 0.1) is 21.8 Å². The van der Waals surface area contributed by atoms with E-state index in [2.05, 4.69) is 10.5 Å². The Labute approximate surface area is 177 Å². The summed E-state index contributed by atoms with van der Waals surface area (Å²) < 4.78 is 5.79. The number of carbonyl (C=O) groups excluding carboxylic acids is 1. The molecule has 0 aliphatic carbocycles. The van der Waals surface area contributed by atoms with Gasteiger partial charge in [-0.05, 0) is 42.0 Å². The number of hydrogen-bond acceptors (Lipinski definition) is 3. The molecule has 0 radical (unpaired) electrons. The lowest BCUT2D eigenvalue weighted by Crippen LogP contribution is -2.18. The molecule has 0 saturated carbocycles. The van der Waals surface area contributed by atoms with Crippen molar-refractivity contribution in [3.05, 3.63) is 98.5 Å². The Kier molecular flexibility index (Phi) is 6.93. The van der Waals surface area contributed by atoms with E-state index in [1.807, 2.05) is 12.1 Å². The normalized spacial score (nSPS) is 10.8. The number of hydrazone groups is 1. The Morgan fingerprint density at radius 1 is 0.929 bits per heavy atom. The van der Waals surface area contributed by atoms with Crippen molar-refractivity contribution in [3.63, 3.8) is 0 Å². The predicted octanol–water partition coefficient (Wildman–Crippen LogP) is 5.99. The summed E-state index contributed by atoms with van der Waals surface area (Å²) in [4.78, 5) is 12.5. The molecule has 7 heteroatoms. The van der Waals surface area contributed by atoms with E-state index in [1.54, 1.807) is 54.6 Å². The van der Waals surface area contributed by atoms with Gasteiger partial charge in [-0.2, -0.15) is 5.10 Å². The van der Waals surface area contributed by atoms with Crippen LogP contribution in [-0.4, -0.2) is 12.1 Å². The second-order valence-electron chi connectivity index (χ2n) is 5.75. The molecule has 0 atom stereocenters. The van der Waals surface area contributed by atoms with Gasteiger partial charge in [-0.1, -0.05) is 65.1 Å². The number of hydrogen-bond donors (Lipinski definition) is 1. The minimum Gasteiger partial charge on any atom is -0.488 e. The van der Waals surface area contributed by atoms with Gasteiger partial charge < -0.3 is 4.74 Å². The molecule has 0 aliphatic rings. The standard InChI is InChI=1S/C21H15Cl3N2O2/c22-15-10-8-14(9-11-15)13-28-20-7-2-1-4-16(20)21(27)26-25-12-17-18(23)5-3-6-19(17)24/h1-12H,13H2,(H,26,27)/b25-12+. The lowest BCUT2D eigenvalue weighted by molar-refractivity contribution is 0.0950. The summed E-state index contributed by atoms with van der Waals surface area (Å²) in [5.74, 6) is 0.0343. The molecule has 0 aliphatic heterocycles. The third kappa shape index (κ3) is 5.26. The first kappa shape index (κ1) is 20.2. The van der Waals surface area contributed by atoms with Crippen molar-refractivity contribution in [2.24, 2.45) is 5.10 Å². The molecule has 142 valence electrons. The summed E-state index contributed by atoms with van der Waals surface area (Å²) in [6.45, 7) is 0.306. The van der Waals surface area contributed by atoms with Gasteiger partial charge in [0.25, 0.3) is 5.91 Å². The first-order chi connectivity index (χ1) is 13.5. The zero-order chi connectivity index (χ0) is 19.9. The first-order valence-electron chi connectivity index (χ1n) is 8.28. The fraction of sp³-hybridized carbons (Fsp3) is 0.0476. The van der Waals surface area contributed by atoms with Crippen LogP contribution in [0.3, 0.4) is 0 Å². The number of nitrogens with zero attached hydrogens (tertiary/aromatic N) is 1. The lowest BCUT2D eigenvalue weighted by atomic mass is 10.2. The van der Waals surface area contributed by atoms with Gasteiger partial charge in [0.2, 0.25) is 0 Å². The molecule has 3 aromatic rings. The quantitative estimate of drug-likeness (QED) is 0.383. The average molecular weight is 434 g/mol. The predicted molar refractivity (Wildman–Crippen MR) is 114 cm³/mol. The van der Waals surface area contributed by atoms with Gasteiger partial charge >= 0.3 is 0 Å². The van der Waals surface area contributed by atoms with Gasteiger partial charge in [0.15, 0.2) is 0 Å². The molecule has 3 aromatic carbocycles. The van der Waals surface area contributed by atoms with Crippen LogP contribution in [0.1, 0.15) is 21.5 Å². The van der Waals surface area contributed by atoms with E-state index < -0.39 is 5.91 Å². The van der Waals surface area contributed by atoms with Crippen LogP contribution in [0.5, 0.6) is 5.75 Å². The van der Waals surface area contributed by atoms with Gasteiger partial charge in [0, 0.05) is 10.6 Å². The van der Waals surface area contributed by atoms with Crippen LogP contribution in [0.4, 0.5) is 0 Å². The molecule has 28 heavy (non-hydrogen) atoms. The number of benzene rings is 3. The van der Waals surface area contributed by atoms with Gasteiger partial charge in [-0.3, -0.25) is 4.79 Å². The fourth-order valence-electron chi connectivity index (χ4n) is 2.37. The average Bonchev–Trinajstić information content (AvgIpc) is 2.70. The van der Waals surface area contributed by atoms with E-state index in [9.17, 15) is 4.79 Å². The monoisotopic (exact) mass is 432 g/mol. The second-order valence-corrected chi connectivity index (χ2v) is 7.00. The SMILES string of the molecule is O=C(N/N=C/c1c(Cl)cccc1Cl)c1ccccc1OCc1ccc(Cl)cc1. The van der Waals surface area contributed by atoms with E-state index in [1.165, 1.54) is 6.21 Å². The van der Waals surface area contributed by atoms with E-state index in [-0.39, 0.29) is 0 Å². The van der Waals surface area contributed by atoms with E-state index >= 15 is 0 Å². The van der Waals surface area contributed by atoms with Crippen molar-refractivity contribution in [2.45, 2.75) is 6.61 Å². The third-order valence-electron chi connectivity index (χ3n) is 3.80. The number of carbonyl (C=O) groups is 1. The number of amides is 1. The maximum absolute atomic E-state index is 12.5. The molecule has 1 N–H and O–H groups in total. The number of halogens is 3. The number of para-hydroxylation sites is 1. The van der Waals surface area contributed by atoms with Crippen molar-refractivity contribution >= 4 is 46.9 Å². The van der Waals surface area contributed by atoms with Crippen LogP contribution in [0, 0.1) is 0 Å². The maximum Gasteiger partial charge on any atom is 0.275 e. The van der Waals surface area contributed by atoms with Gasteiger partial charge in [-0.15, -0.1) is 0 Å². The van der Waals surface area contributed by atoms with Crippen molar-refractivity contribution in [1.82, 2.24) is 5.43 Å². The van der Waals surface area contributed by atoms with Crippen molar-refractivity contribution < 1.29 is 9.53 Å². The molecule has 0 bridgehead atoms. The summed E-state index contributed by atoms with van der Waals surface area (Å²) in [5.41, 5.74) is 4.29. The summed E-state index contributed by atoms with van der Waals surface area (Å²) >= 11 is 18.0. The zero-order valence-corrected chi connectivity index (χ0v) is 16.8. The third-order valence-corrected chi connectivity index (χ3v) is 4.71. The fourth-order valence-corrected chi connectivity index (χ4v) is 2.99. The Hall–Kier alpha value is -2.53. The zero-order valence-electron chi connectivity index (χ0n) is 14.5. The number of nitrogens with one attached hydrogen (secondary N) is 1. The topological polar surface area (TPSA) is 50.7 Å². The summed E-state index contributed by atoms with van der Waals surface area (Å²) in [6, 6.07) is 19.3. The van der Waals surface area contributed by atoms with Crippen LogP contribution in [-0.2, 0) is 6.61 Å². The second kappa shape index (κ2) is 9.60. The van der Waals surface area contributed by atoms with Crippen LogP contribution in [0.15, 0.2) is 71.8 Å². The molecule has 4 nitrogen and oxygen atoms in total. The van der Waals surface area contributed by atoms with Crippen molar-refractivity contribution in [1.29, 1.82) is 0 Å².